The van der Waals surface area contributed by atoms with E-state index in [1.807, 2.05) is 0 Å². The van der Waals surface area contributed by atoms with E-state index in [9.17, 15) is 0 Å². The van der Waals surface area contributed by atoms with Gasteiger partial charge in [-0.1, -0.05) is 43.7 Å². The third-order valence-electron chi connectivity index (χ3n) is 4.53. The molecule has 26 heavy (non-hydrogen) atoms. The molecule has 1 aliphatic rings. The number of nitrogens with zero attached hydrogens (tertiary/aromatic N) is 1. The molecule has 2 rings (SSSR count). The van der Waals surface area contributed by atoms with E-state index in [0.717, 1.165) is 38.6 Å². The summed E-state index contributed by atoms with van der Waals surface area (Å²) in [6.07, 6.45) is 3.54. The molecule has 0 bridgehead atoms. The average Bonchev–Trinajstić information content (AvgIpc) is 3.45. The van der Waals surface area contributed by atoms with Gasteiger partial charge in [-0.2, -0.15) is 0 Å². The van der Waals surface area contributed by atoms with Crippen molar-refractivity contribution in [3.05, 3.63) is 35.9 Å². The first-order valence-corrected chi connectivity index (χ1v) is 10.1. The van der Waals surface area contributed by atoms with Crippen LogP contribution in [0.15, 0.2) is 35.3 Å². The van der Waals surface area contributed by atoms with E-state index in [4.69, 9.17) is 14.5 Å². The maximum Gasteiger partial charge on any atom is 0.191 e. The second-order valence-corrected chi connectivity index (χ2v) is 6.74. The molecule has 5 heteroatoms. The summed E-state index contributed by atoms with van der Waals surface area (Å²) in [7, 11) is 0. The van der Waals surface area contributed by atoms with Crippen LogP contribution in [-0.4, -0.2) is 52.0 Å². The lowest BCUT2D eigenvalue weighted by atomic mass is 10.1. The molecule has 2 atom stereocenters. The molecule has 0 spiro atoms. The summed E-state index contributed by atoms with van der Waals surface area (Å²) in [4.78, 5) is 4.73. The molecule has 0 heterocycles. The van der Waals surface area contributed by atoms with E-state index in [2.05, 4.69) is 54.8 Å². The van der Waals surface area contributed by atoms with Crippen LogP contribution >= 0.6 is 0 Å². The second-order valence-electron chi connectivity index (χ2n) is 6.74. The van der Waals surface area contributed by atoms with Gasteiger partial charge in [0, 0.05) is 26.2 Å². The van der Waals surface area contributed by atoms with Crippen molar-refractivity contribution in [2.75, 3.05) is 46.1 Å². The van der Waals surface area contributed by atoms with Crippen molar-refractivity contribution >= 4 is 5.96 Å². The third kappa shape index (κ3) is 8.19. The Morgan fingerprint density at radius 2 is 1.81 bits per heavy atom. The van der Waals surface area contributed by atoms with E-state index < -0.39 is 0 Å². The van der Waals surface area contributed by atoms with Gasteiger partial charge in [0.2, 0.25) is 0 Å². The molecule has 1 aromatic rings. The highest BCUT2D eigenvalue weighted by molar-refractivity contribution is 5.79. The first-order valence-electron chi connectivity index (χ1n) is 10.1. The summed E-state index contributed by atoms with van der Waals surface area (Å²) in [5.74, 6) is 2.23. The second kappa shape index (κ2) is 12.7. The van der Waals surface area contributed by atoms with E-state index in [1.54, 1.807) is 0 Å². The van der Waals surface area contributed by atoms with Gasteiger partial charge in [0.1, 0.15) is 0 Å². The smallest absolute Gasteiger partial charge is 0.191 e. The Labute approximate surface area is 158 Å². The lowest BCUT2D eigenvalue weighted by Crippen LogP contribution is -2.39. The zero-order chi connectivity index (χ0) is 18.5. The molecule has 2 unspecified atom stereocenters. The van der Waals surface area contributed by atoms with Gasteiger partial charge in [0.25, 0.3) is 0 Å². The van der Waals surface area contributed by atoms with Crippen LogP contribution < -0.4 is 10.6 Å². The Morgan fingerprint density at radius 1 is 1.04 bits per heavy atom. The van der Waals surface area contributed by atoms with Crippen LogP contribution in [-0.2, 0) is 9.47 Å². The highest BCUT2D eigenvalue weighted by atomic mass is 16.5. The topological polar surface area (TPSA) is 54.9 Å². The van der Waals surface area contributed by atoms with Gasteiger partial charge in [-0.3, -0.25) is 4.99 Å². The molecule has 1 fully saturated rings. The Hall–Kier alpha value is -1.59. The number of hydrogen-bond acceptors (Lipinski definition) is 3. The quantitative estimate of drug-likeness (QED) is 0.322. The molecule has 146 valence electrons. The number of rotatable bonds is 13. The monoisotopic (exact) mass is 361 g/mol. The molecular formula is C21H35N3O2. The molecule has 0 amide bonds. The van der Waals surface area contributed by atoms with Gasteiger partial charge in [-0.05, 0) is 37.2 Å². The van der Waals surface area contributed by atoms with Gasteiger partial charge in [0.15, 0.2) is 5.96 Å². The van der Waals surface area contributed by atoms with Crippen molar-refractivity contribution in [3.8, 4) is 0 Å². The standard InChI is InChI=1S/C21H35N3O2/c1-3-5-12-25-14-15-26-13-11-23-21(22-4-2)24-17-19-16-20(19)18-9-7-6-8-10-18/h6-10,19-20H,3-5,11-17H2,1-2H3,(H2,22,23,24). The molecule has 0 saturated heterocycles. The molecule has 0 radical (unpaired) electrons. The number of benzene rings is 1. The number of nitrogens with one attached hydrogen (secondary N) is 2. The molecule has 5 nitrogen and oxygen atoms in total. The summed E-state index contributed by atoms with van der Waals surface area (Å²) < 4.78 is 11.1. The fraction of sp³-hybridized carbons (Fsp3) is 0.667. The molecule has 0 aromatic heterocycles. The minimum atomic E-state index is 0.653. The Balaban J connectivity index is 1.57. The van der Waals surface area contributed by atoms with Gasteiger partial charge in [0.05, 0.1) is 19.8 Å². The molecule has 1 saturated carbocycles. The highest BCUT2D eigenvalue weighted by Gasteiger charge is 2.37. The Bertz CT molecular complexity index is 507. The van der Waals surface area contributed by atoms with Crippen LogP contribution in [0, 0.1) is 5.92 Å². The lowest BCUT2D eigenvalue weighted by Gasteiger charge is -2.11. The minimum absolute atomic E-state index is 0.653. The number of aliphatic imine (C=N–C) groups is 1. The van der Waals surface area contributed by atoms with Crippen molar-refractivity contribution in [1.82, 2.24) is 10.6 Å². The van der Waals surface area contributed by atoms with E-state index in [-0.39, 0.29) is 0 Å². The van der Waals surface area contributed by atoms with Crippen LogP contribution in [0.25, 0.3) is 0 Å². The van der Waals surface area contributed by atoms with Crippen LogP contribution in [0.2, 0.25) is 0 Å². The maximum absolute atomic E-state index is 5.58. The summed E-state index contributed by atoms with van der Waals surface area (Å²) in [5, 5.41) is 6.65. The molecule has 2 N–H and O–H groups in total. The first kappa shape index (κ1) is 20.7. The van der Waals surface area contributed by atoms with Gasteiger partial charge in [-0.15, -0.1) is 0 Å². The van der Waals surface area contributed by atoms with Crippen molar-refractivity contribution in [1.29, 1.82) is 0 Å². The van der Waals surface area contributed by atoms with Crippen LogP contribution in [0.1, 0.15) is 44.6 Å². The number of ether oxygens (including phenoxy) is 2. The lowest BCUT2D eigenvalue weighted by molar-refractivity contribution is 0.0487. The van der Waals surface area contributed by atoms with Crippen molar-refractivity contribution in [2.45, 2.75) is 39.0 Å². The fourth-order valence-corrected chi connectivity index (χ4v) is 2.92. The summed E-state index contributed by atoms with van der Waals surface area (Å²) in [6.45, 7) is 9.58. The molecule has 0 aliphatic heterocycles. The van der Waals surface area contributed by atoms with Crippen molar-refractivity contribution < 1.29 is 9.47 Å². The van der Waals surface area contributed by atoms with Crippen LogP contribution in [0.3, 0.4) is 0 Å². The Kier molecular flexibility index (Phi) is 10.1. The minimum Gasteiger partial charge on any atom is -0.379 e. The number of unbranched alkanes of at least 4 members (excludes halogenated alkanes) is 1. The normalized spacial score (nSPS) is 19.4. The molecular weight excluding hydrogens is 326 g/mol. The number of guanidine groups is 1. The van der Waals surface area contributed by atoms with Gasteiger partial charge >= 0.3 is 0 Å². The maximum atomic E-state index is 5.58. The zero-order valence-corrected chi connectivity index (χ0v) is 16.4. The first-order chi connectivity index (χ1) is 12.8. The number of hydrogen-bond donors (Lipinski definition) is 2. The SMILES string of the molecule is CCCCOCCOCCNC(=NCC1CC1c1ccccc1)NCC. The highest BCUT2D eigenvalue weighted by Crippen LogP contribution is 2.47. The molecule has 1 aliphatic carbocycles. The van der Waals surface area contributed by atoms with E-state index >= 15 is 0 Å². The van der Waals surface area contributed by atoms with E-state index in [0.29, 0.717) is 31.7 Å². The van der Waals surface area contributed by atoms with Gasteiger partial charge in [-0.25, -0.2) is 0 Å². The van der Waals surface area contributed by atoms with Crippen LogP contribution in [0.5, 0.6) is 0 Å². The summed E-state index contributed by atoms with van der Waals surface area (Å²) in [5.41, 5.74) is 1.44. The third-order valence-corrected chi connectivity index (χ3v) is 4.53. The fourth-order valence-electron chi connectivity index (χ4n) is 2.92. The zero-order valence-electron chi connectivity index (χ0n) is 16.4. The average molecular weight is 362 g/mol. The van der Waals surface area contributed by atoms with Crippen molar-refractivity contribution in [2.24, 2.45) is 10.9 Å². The Morgan fingerprint density at radius 3 is 2.54 bits per heavy atom. The van der Waals surface area contributed by atoms with Crippen molar-refractivity contribution in [3.63, 3.8) is 0 Å². The molecule has 1 aromatic carbocycles. The van der Waals surface area contributed by atoms with Crippen LogP contribution in [0.4, 0.5) is 0 Å². The predicted octanol–water partition coefficient (Wildman–Crippen LogP) is 3.18. The predicted molar refractivity (Wildman–Crippen MR) is 108 cm³/mol. The summed E-state index contributed by atoms with van der Waals surface area (Å²) >= 11 is 0. The summed E-state index contributed by atoms with van der Waals surface area (Å²) in [6, 6.07) is 10.8. The van der Waals surface area contributed by atoms with E-state index in [1.165, 1.54) is 18.4 Å². The largest absolute Gasteiger partial charge is 0.379 e. The van der Waals surface area contributed by atoms with Gasteiger partial charge < -0.3 is 20.1 Å².